The summed E-state index contributed by atoms with van der Waals surface area (Å²) in [5, 5.41) is 9.98. The van der Waals surface area contributed by atoms with Crippen LogP contribution in [0.15, 0.2) is 34.4 Å². The molecule has 3 rings (SSSR count). The molecule has 0 atom stereocenters. The second kappa shape index (κ2) is 5.95. The normalized spacial score (nSPS) is 11.0. The number of ether oxygens (including phenoxy) is 1. The monoisotopic (exact) mass is 318 g/mol. The topological polar surface area (TPSA) is 63.7 Å². The lowest BCUT2D eigenvalue weighted by atomic mass is 10.1. The molecule has 0 unspecified atom stereocenters. The Morgan fingerprint density at radius 2 is 1.90 bits per heavy atom. The molecule has 0 amide bonds. The van der Waals surface area contributed by atoms with Gasteiger partial charge in [-0.2, -0.15) is 5.10 Å². The van der Waals surface area contributed by atoms with E-state index in [9.17, 15) is 0 Å². The van der Waals surface area contributed by atoms with Gasteiger partial charge >= 0.3 is 0 Å². The minimum Gasteiger partial charge on any atom is -0.496 e. The van der Waals surface area contributed by atoms with Gasteiger partial charge in [-0.3, -0.25) is 5.10 Å². The van der Waals surface area contributed by atoms with Gasteiger partial charge in [0.1, 0.15) is 10.8 Å². The highest BCUT2D eigenvalue weighted by Crippen LogP contribution is 2.36. The minimum atomic E-state index is 0.680. The van der Waals surface area contributed by atoms with Gasteiger partial charge in [0.05, 0.1) is 18.2 Å². The molecule has 0 aliphatic carbocycles. The molecule has 0 aliphatic heterocycles. The Morgan fingerprint density at radius 3 is 2.62 bits per heavy atom. The molecule has 21 heavy (non-hydrogen) atoms. The standard InChI is InChI=1S/C14H14N4OS2/c1-19-9-7-5-4-6-8(9)11-10-12(18-17-11)15-14(21-3)16-13(10)20-2/h4-7H,1-3H3,(H,15,16,17,18). The number of hydrogen-bond acceptors (Lipinski definition) is 6. The molecule has 0 radical (unpaired) electrons. The van der Waals surface area contributed by atoms with E-state index in [2.05, 4.69) is 20.2 Å². The Morgan fingerprint density at radius 1 is 1.10 bits per heavy atom. The molecule has 5 nitrogen and oxygen atoms in total. The van der Waals surface area contributed by atoms with Crippen molar-refractivity contribution in [1.82, 2.24) is 20.2 Å². The summed E-state index contributed by atoms with van der Waals surface area (Å²) >= 11 is 3.10. The number of benzene rings is 1. The van der Waals surface area contributed by atoms with Crippen LogP contribution >= 0.6 is 23.5 Å². The summed E-state index contributed by atoms with van der Waals surface area (Å²) in [4.78, 5) is 9.03. The Balaban J connectivity index is 2.29. The molecule has 3 aromatic rings. The third kappa shape index (κ3) is 2.47. The SMILES string of the molecule is COc1ccccc1-c1[nH]nc2nc(SC)nc(SC)c12. The molecule has 0 saturated carbocycles. The van der Waals surface area contributed by atoms with E-state index in [1.165, 1.54) is 11.8 Å². The second-order valence-electron chi connectivity index (χ2n) is 4.22. The van der Waals surface area contributed by atoms with E-state index in [-0.39, 0.29) is 0 Å². The lowest BCUT2D eigenvalue weighted by molar-refractivity contribution is 0.416. The first-order valence-corrected chi connectivity index (χ1v) is 8.71. The van der Waals surface area contributed by atoms with Crippen LogP contribution < -0.4 is 4.74 Å². The Kier molecular flexibility index (Phi) is 4.03. The predicted octanol–water partition coefficient (Wildman–Crippen LogP) is 3.47. The molecule has 7 heteroatoms. The highest BCUT2D eigenvalue weighted by molar-refractivity contribution is 7.99. The molecule has 0 saturated heterocycles. The van der Waals surface area contributed by atoms with Gasteiger partial charge in [0.25, 0.3) is 0 Å². The third-order valence-corrected chi connectivity index (χ3v) is 4.34. The first kappa shape index (κ1) is 14.2. The molecular weight excluding hydrogens is 304 g/mol. The number of hydrogen-bond donors (Lipinski definition) is 1. The van der Waals surface area contributed by atoms with Crippen LogP contribution in [0.3, 0.4) is 0 Å². The fraction of sp³-hybridized carbons (Fsp3) is 0.214. The van der Waals surface area contributed by atoms with Crippen LogP contribution in [0.1, 0.15) is 0 Å². The van der Waals surface area contributed by atoms with E-state index in [0.717, 1.165) is 32.6 Å². The zero-order valence-electron chi connectivity index (χ0n) is 11.9. The maximum Gasteiger partial charge on any atom is 0.190 e. The molecule has 1 aromatic carbocycles. The maximum absolute atomic E-state index is 5.44. The number of fused-ring (bicyclic) bond motifs is 1. The first-order valence-electron chi connectivity index (χ1n) is 6.26. The number of nitrogens with one attached hydrogen (secondary N) is 1. The number of rotatable bonds is 4. The summed E-state index contributed by atoms with van der Waals surface area (Å²) in [6, 6.07) is 7.84. The fourth-order valence-corrected chi connectivity index (χ4v) is 3.15. The van der Waals surface area contributed by atoms with Gasteiger partial charge in [-0.1, -0.05) is 23.9 Å². The van der Waals surface area contributed by atoms with Crippen molar-refractivity contribution in [1.29, 1.82) is 0 Å². The van der Waals surface area contributed by atoms with Crippen molar-refractivity contribution in [3.8, 4) is 17.0 Å². The van der Waals surface area contributed by atoms with Gasteiger partial charge in [0.15, 0.2) is 10.8 Å². The molecule has 0 bridgehead atoms. The molecule has 2 aromatic heterocycles. The van der Waals surface area contributed by atoms with Crippen molar-refractivity contribution in [2.24, 2.45) is 0 Å². The van der Waals surface area contributed by atoms with E-state index in [4.69, 9.17) is 4.74 Å². The van der Waals surface area contributed by atoms with E-state index < -0.39 is 0 Å². The van der Waals surface area contributed by atoms with Crippen LogP contribution in [0.5, 0.6) is 5.75 Å². The van der Waals surface area contributed by atoms with Gasteiger partial charge in [-0.15, -0.1) is 11.8 Å². The summed E-state index contributed by atoms with van der Waals surface area (Å²) in [6.07, 6.45) is 3.96. The molecule has 0 aliphatic rings. The Labute approximate surface area is 130 Å². The number of H-pyrrole nitrogens is 1. The van der Waals surface area contributed by atoms with Crippen molar-refractivity contribution in [2.75, 3.05) is 19.6 Å². The van der Waals surface area contributed by atoms with Crippen molar-refractivity contribution in [2.45, 2.75) is 10.2 Å². The summed E-state index contributed by atoms with van der Waals surface area (Å²) < 4.78 is 5.44. The molecule has 0 spiro atoms. The number of thioether (sulfide) groups is 2. The number of para-hydroxylation sites is 1. The zero-order chi connectivity index (χ0) is 14.8. The summed E-state index contributed by atoms with van der Waals surface area (Å²) in [5.74, 6) is 0.795. The summed E-state index contributed by atoms with van der Waals surface area (Å²) in [5.41, 5.74) is 2.53. The fourth-order valence-electron chi connectivity index (χ4n) is 2.16. The summed E-state index contributed by atoms with van der Waals surface area (Å²) in [6.45, 7) is 0. The van der Waals surface area contributed by atoms with Crippen LogP contribution in [0.2, 0.25) is 0 Å². The van der Waals surface area contributed by atoms with Gasteiger partial charge in [-0.05, 0) is 24.6 Å². The van der Waals surface area contributed by atoms with Gasteiger partial charge in [0, 0.05) is 5.56 Å². The predicted molar refractivity (Wildman–Crippen MR) is 87.2 cm³/mol. The van der Waals surface area contributed by atoms with Crippen molar-refractivity contribution in [3.63, 3.8) is 0 Å². The van der Waals surface area contributed by atoms with Gasteiger partial charge in [-0.25, -0.2) is 9.97 Å². The number of aromatic amines is 1. The number of nitrogens with zero attached hydrogens (tertiary/aromatic N) is 3. The van der Waals surface area contributed by atoms with Crippen LogP contribution in [0, 0.1) is 0 Å². The van der Waals surface area contributed by atoms with E-state index in [0.29, 0.717) is 5.65 Å². The maximum atomic E-state index is 5.44. The van der Waals surface area contributed by atoms with E-state index in [1.54, 1.807) is 18.9 Å². The Bertz CT molecular complexity index is 788. The largest absolute Gasteiger partial charge is 0.496 e. The van der Waals surface area contributed by atoms with Gasteiger partial charge in [0.2, 0.25) is 0 Å². The van der Waals surface area contributed by atoms with Crippen molar-refractivity contribution in [3.05, 3.63) is 24.3 Å². The Hall–Kier alpha value is -1.73. The minimum absolute atomic E-state index is 0.680. The zero-order valence-corrected chi connectivity index (χ0v) is 13.5. The first-order chi connectivity index (χ1) is 10.3. The van der Waals surface area contributed by atoms with Crippen LogP contribution in [0.4, 0.5) is 0 Å². The smallest absolute Gasteiger partial charge is 0.190 e. The van der Waals surface area contributed by atoms with Crippen LogP contribution in [-0.4, -0.2) is 39.8 Å². The van der Waals surface area contributed by atoms with E-state index in [1.807, 2.05) is 36.8 Å². The van der Waals surface area contributed by atoms with E-state index >= 15 is 0 Å². The third-order valence-electron chi connectivity index (χ3n) is 3.11. The molecular formula is C14H14N4OS2. The highest BCUT2D eigenvalue weighted by atomic mass is 32.2. The number of aromatic nitrogens is 4. The van der Waals surface area contributed by atoms with Crippen LogP contribution in [-0.2, 0) is 0 Å². The highest BCUT2D eigenvalue weighted by Gasteiger charge is 2.18. The second-order valence-corrected chi connectivity index (χ2v) is 5.79. The summed E-state index contributed by atoms with van der Waals surface area (Å²) in [7, 11) is 1.66. The molecule has 2 heterocycles. The average molecular weight is 318 g/mol. The lowest BCUT2D eigenvalue weighted by Crippen LogP contribution is -1.92. The average Bonchev–Trinajstić information content (AvgIpc) is 2.97. The van der Waals surface area contributed by atoms with Crippen molar-refractivity contribution >= 4 is 34.6 Å². The molecule has 0 fully saturated rings. The molecule has 1 N–H and O–H groups in total. The van der Waals surface area contributed by atoms with Crippen molar-refractivity contribution < 1.29 is 4.74 Å². The van der Waals surface area contributed by atoms with Gasteiger partial charge < -0.3 is 4.74 Å². The number of methoxy groups -OCH3 is 1. The van der Waals surface area contributed by atoms with Crippen LogP contribution in [0.25, 0.3) is 22.3 Å². The quantitative estimate of drug-likeness (QED) is 0.451. The molecule has 108 valence electrons. The lowest BCUT2D eigenvalue weighted by Gasteiger charge is -2.07.